The van der Waals surface area contributed by atoms with Crippen molar-refractivity contribution >= 4 is 12.0 Å². The second-order valence-corrected chi connectivity index (χ2v) is 7.36. The molecule has 30 heavy (non-hydrogen) atoms. The number of likely N-dealkylation sites (tertiary alicyclic amines) is 1. The van der Waals surface area contributed by atoms with E-state index in [1.165, 1.54) is 17.0 Å². The molecule has 0 bridgehead atoms. The minimum atomic E-state index is -4.78. The van der Waals surface area contributed by atoms with Crippen LogP contribution in [-0.4, -0.2) is 38.7 Å². The molecule has 2 aliphatic heterocycles. The van der Waals surface area contributed by atoms with Crippen LogP contribution >= 0.6 is 0 Å². The van der Waals surface area contributed by atoms with Gasteiger partial charge in [0.15, 0.2) is 5.82 Å². The lowest BCUT2D eigenvalue weighted by molar-refractivity contribution is -0.140. The molecule has 1 atom stereocenters. The van der Waals surface area contributed by atoms with Gasteiger partial charge in [-0.2, -0.15) is 18.4 Å². The van der Waals surface area contributed by atoms with Gasteiger partial charge in [0, 0.05) is 19.6 Å². The average Bonchev–Trinajstić information content (AvgIpc) is 3.15. The van der Waals surface area contributed by atoms with E-state index in [1.807, 2.05) is 0 Å². The summed E-state index contributed by atoms with van der Waals surface area (Å²) in [5, 5.41) is 17.0. The van der Waals surface area contributed by atoms with Crippen LogP contribution in [0.15, 0.2) is 24.3 Å². The number of allylic oxidation sites excluding steroid dienone is 1. The van der Waals surface area contributed by atoms with E-state index in [0.29, 0.717) is 5.82 Å². The maximum atomic E-state index is 13.9. The minimum absolute atomic E-state index is 0.0727. The Morgan fingerprint density at radius 1 is 1.20 bits per heavy atom. The Hall–Kier alpha value is -3.22. The van der Waals surface area contributed by atoms with Crippen LogP contribution < -0.4 is 0 Å². The number of aromatic nitrogens is 3. The maximum absolute atomic E-state index is 13.9. The van der Waals surface area contributed by atoms with Crippen LogP contribution in [-0.2, 0) is 12.7 Å². The molecule has 0 N–H and O–H groups in total. The molecular weight excluding hydrogens is 402 g/mol. The van der Waals surface area contributed by atoms with Crippen molar-refractivity contribution in [1.29, 1.82) is 5.26 Å². The van der Waals surface area contributed by atoms with Crippen LogP contribution in [0.4, 0.5) is 17.6 Å². The standard InChI is InChI=1S/C20H17F4N5O/c21-15-3-1-2-14(17(15)20(22,23)24)13-6-8-28(9-7-13)19(30)18-27-26-16-5-4-12(10-25)11-29(16)18/h1-5,12-13H,6-9,11H2. The number of rotatable bonds is 2. The summed E-state index contributed by atoms with van der Waals surface area (Å²) >= 11 is 0. The summed E-state index contributed by atoms with van der Waals surface area (Å²) in [6.45, 7) is 0.707. The third-order valence-corrected chi connectivity index (χ3v) is 5.54. The number of alkyl halides is 3. The molecule has 10 heteroatoms. The highest BCUT2D eigenvalue weighted by molar-refractivity contribution is 5.91. The molecule has 6 nitrogen and oxygen atoms in total. The Kier molecular flexibility index (Phi) is 5.05. The summed E-state index contributed by atoms with van der Waals surface area (Å²) in [6.07, 6.45) is -0.893. The quantitative estimate of drug-likeness (QED) is 0.697. The van der Waals surface area contributed by atoms with Crippen LogP contribution in [0.2, 0.25) is 0 Å². The number of benzene rings is 1. The monoisotopic (exact) mass is 419 g/mol. The van der Waals surface area contributed by atoms with E-state index in [9.17, 15) is 22.4 Å². The number of fused-ring (bicyclic) bond motifs is 1. The Labute approximate surface area is 169 Å². The lowest BCUT2D eigenvalue weighted by atomic mass is 9.86. The first-order valence-electron chi connectivity index (χ1n) is 9.45. The number of hydrogen-bond donors (Lipinski definition) is 0. The molecule has 1 unspecified atom stereocenters. The van der Waals surface area contributed by atoms with Crippen LogP contribution in [0.1, 0.15) is 46.3 Å². The third-order valence-electron chi connectivity index (χ3n) is 5.54. The Balaban J connectivity index is 1.50. The molecule has 1 fully saturated rings. The van der Waals surface area contributed by atoms with E-state index in [2.05, 4.69) is 16.3 Å². The lowest BCUT2D eigenvalue weighted by Gasteiger charge is -2.33. The van der Waals surface area contributed by atoms with Gasteiger partial charge in [-0.05, 0) is 36.5 Å². The van der Waals surface area contributed by atoms with Gasteiger partial charge in [-0.1, -0.05) is 18.2 Å². The van der Waals surface area contributed by atoms with Gasteiger partial charge < -0.3 is 9.47 Å². The van der Waals surface area contributed by atoms with E-state index < -0.39 is 23.5 Å². The number of nitrogens with zero attached hydrogens (tertiary/aromatic N) is 5. The van der Waals surface area contributed by atoms with E-state index in [-0.39, 0.29) is 55.7 Å². The predicted molar refractivity (Wildman–Crippen MR) is 97.4 cm³/mol. The van der Waals surface area contributed by atoms with Crippen LogP contribution in [0.5, 0.6) is 0 Å². The van der Waals surface area contributed by atoms with Gasteiger partial charge in [0.1, 0.15) is 5.82 Å². The lowest BCUT2D eigenvalue weighted by Crippen LogP contribution is -2.39. The molecule has 0 radical (unpaired) electrons. The molecule has 1 aromatic carbocycles. The van der Waals surface area contributed by atoms with Gasteiger partial charge >= 0.3 is 6.18 Å². The van der Waals surface area contributed by atoms with Crippen molar-refractivity contribution in [2.45, 2.75) is 31.5 Å². The van der Waals surface area contributed by atoms with Gasteiger partial charge in [0.25, 0.3) is 5.91 Å². The van der Waals surface area contributed by atoms with Crippen molar-refractivity contribution in [3.05, 3.63) is 52.9 Å². The number of carbonyl (C=O) groups excluding carboxylic acids is 1. The SMILES string of the molecule is N#CC1C=Cc2nnc(C(=O)N3CCC(c4cccc(F)c4C(F)(F)F)CC3)n2C1. The summed E-state index contributed by atoms with van der Waals surface area (Å²) in [6, 6.07) is 5.50. The molecule has 1 saturated heterocycles. The molecule has 4 rings (SSSR count). The highest BCUT2D eigenvalue weighted by atomic mass is 19.4. The fraction of sp³-hybridized carbons (Fsp3) is 0.400. The van der Waals surface area contributed by atoms with Crippen LogP contribution in [0.3, 0.4) is 0 Å². The smallest absolute Gasteiger partial charge is 0.336 e. The zero-order valence-electron chi connectivity index (χ0n) is 15.7. The molecule has 1 amide bonds. The van der Waals surface area contributed by atoms with Gasteiger partial charge in [-0.15, -0.1) is 10.2 Å². The van der Waals surface area contributed by atoms with Crippen LogP contribution in [0.25, 0.3) is 6.08 Å². The van der Waals surface area contributed by atoms with Gasteiger partial charge in [0.2, 0.25) is 5.82 Å². The topological polar surface area (TPSA) is 74.8 Å². The number of carbonyl (C=O) groups is 1. The van der Waals surface area contributed by atoms with Gasteiger partial charge in [-0.25, -0.2) is 4.39 Å². The number of nitriles is 1. The summed E-state index contributed by atoms with van der Waals surface area (Å²) in [7, 11) is 0. The molecule has 156 valence electrons. The molecule has 2 aliphatic rings. The molecule has 3 heterocycles. The van der Waals surface area contributed by atoms with E-state index in [4.69, 9.17) is 5.26 Å². The summed E-state index contributed by atoms with van der Waals surface area (Å²) in [5.74, 6) is -1.97. The second-order valence-electron chi connectivity index (χ2n) is 7.36. The molecule has 0 spiro atoms. The number of piperidine rings is 1. The Morgan fingerprint density at radius 2 is 1.93 bits per heavy atom. The highest BCUT2D eigenvalue weighted by Crippen LogP contribution is 2.40. The van der Waals surface area contributed by atoms with Crippen molar-refractivity contribution in [2.24, 2.45) is 5.92 Å². The zero-order chi connectivity index (χ0) is 21.5. The Bertz CT molecular complexity index is 1040. The normalized spacial score (nSPS) is 19.4. The van der Waals surface area contributed by atoms with Crippen molar-refractivity contribution in [3.63, 3.8) is 0 Å². The van der Waals surface area contributed by atoms with Crippen molar-refractivity contribution in [2.75, 3.05) is 13.1 Å². The minimum Gasteiger partial charge on any atom is -0.336 e. The first kappa shape index (κ1) is 20.1. The summed E-state index contributed by atoms with van der Waals surface area (Å²) in [4.78, 5) is 14.4. The largest absolute Gasteiger partial charge is 0.419 e. The van der Waals surface area contributed by atoms with Crippen molar-refractivity contribution in [3.8, 4) is 6.07 Å². The van der Waals surface area contributed by atoms with E-state index >= 15 is 0 Å². The number of halogens is 4. The fourth-order valence-electron chi connectivity index (χ4n) is 4.04. The summed E-state index contributed by atoms with van der Waals surface area (Å²) < 4.78 is 55.4. The van der Waals surface area contributed by atoms with E-state index in [0.717, 1.165) is 6.07 Å². The van der Waals surface area contributed by atoms with Gasteiger partial charge in [-0.3, -0.25) is 4.79 Å². The number of amides is 1. The van der Waals surface area contributed by atoms with Crippen molar-refractivity contribution in [1.82, 2.24) is 19.7 Å². The van der Waals surface area contributed by atoms with E-state index in [1.54, 1.807) is 16.7 Å². The first-order chi connectivity index (χ1) is 14.3. The highest BCUT2D eigenvalue weighted by Gasteiger charge is 2.39. The molecular formula is C20H17F4N5O. The molecule has 2 aromatic rings. The first-order valence-corrected chi connectivity index (χ1v) is 9.45. The van der Waals surface area contributed by atoms with Crippen molar-refractivity contribution < 1.29 is 22.4 Å². The molecule has 1 aromatic heterocycles. The Morgan fingerprint density at radius 3 is 2.60 bits per heavy atom. The van der Waals surface area contributed by atoms with Gasteiger partial charge in [0.05, 0.1) is 17.6 Å². The zero-order valence-corrected chi connectivity index (χ0v) is 15.7. The van der Waals surface area contributed by atoms with Crippen LogP contribution in [0, 0.1) is 23.1 Å². The second kappa shape index (κ2) is 7.55. The summed E-state index contributed by atoms with van der Waals surface area (Å²) in [5.41, 5.74) is -1.30. The molecule has 0 saturated carbocycles. The molecule has 0 aliphatic carbocycles. The predicted octanol–water partition coefficient (Wildman–Crippen LogP) is 3.62. The maximum Gasteiger partial charge on any atom is 0.419 e. The fourth-order valence-corrected chi connectivity index (χ4v) is 4.04. The average molecular weight is 419 g/mol. The third kappa shape index (κ3) is 3.56. The number of hydrogen-bond acceptors (Lipinski definition) is 4.